The molecule has 4 aromatic rings. The lowest BCUT2D eigenvalue weighted by Crippen LogP contribution is -2.11. The predicted octanol–water partition coefficient (Wildman–Crippen LogP) is 6.39. The van der Waals surface area contributed by atoms with Crippen LogP contribution in [0.5, 0.6) is 0 Å². The van der Waals surface area contributed by atoms with Gasteiger partial charge in [-0.2, -0.15) is 5.10 Å². The molecule has 0 radical (unpaired) electrons. The molecule has 0 fully saturated rings. The highest BCUT2D eigenvalue weighted by atomic mass is 35.5. The summed E-state index contributed by atoms with van der Waals surface area (Å²) in [6, 6.07) is 17.7. The first kappa shape index (κ1) is 21.1. The first-order valence-electron chi connectivity index (χ1n) is 10.2. The largest absolute Gasteiger partial charge is 0.456 e. The number of hydrogen-bond acceptors (Lipinski definition) is 5. The number of hydrogen-bond donors (Lipinski definition) is 1. The molecule has 0 saturated carbocycles. The topological polar surface area (TPSA) is 63.3 Å². The van der Waals surface area contributed by atoms with Crippen LogP contribution in [0.3, 0.4) is 0 Å². The second-order valence-electron chi connectivity index (χ2n) is 8.66. The maximum atomic E-state index is 6.24. The van der Waals surface area contributed by atoms with Crippen molar-refractivity contribution in [3.05, 3.63) is 81.9 Å². The van der Waals surface area contributed by atoms with Crippen LogP contribution in [0.2, 0.25) is 5.02 Å². The van der Waals surface area contributed by atoms with Crippen molar-refractivity contribution in [2.75, 3.05) is 5.43 Å². The number of benzene rings is 2. The van der Waals surface area contributed by atoms with Gasteiger partial charge in [0.05, 0.1) is 5.36 Å². The van der Waals surface area contributed by atoms with Crippen molar-refractivity contribution in [2.45, 2.75) is 40.0 Å². The molecule has 2 heterocycles. The van der Waals surface area contributed by atoms with Gasteiger partial charge in [-0.3, -0.25) is 0 Å². The van der Waals surface area contributed by atoms with Crippen LogP contribution < -0.4 is 10.8 Å². The Morgan fingerprint density at radius 1 is 0.903 bits per heavy atom. The van der Waals surface area contributed by atoms with Gasteiger partial charge in [0.15, 0.2) is 0 Å². The third-order valence-electron chi connectivity index (χ3n) is 5.00. The summed E-state index contributed by atoms with van der Waals surface area (Å²) in [6.45, 7) is 10.4. The van der Waals surface area contributed by atoms with Crippen LogP contribution in [0, 0.1) is 13.8 Å². The molecular weight excluding hydrogens is 408 g/mol. The molecule has 5 nitrogen and oxygen atoms in total. The minimum Gasteiger partial charge on any atom is -0.456 e. The van der Waals surface area contributed by atoms with Crippen LogP contribution in [-0.4, -0.2) is 9.97 Å². The summed E-state index contributed by atoms with van der Waals surface area (Å²) >= 11 is 6.24. The van der Waals surface area contributed by atoms with Gasteiger partial charge in [-0.25, -0.2) is 15.4 Å². The lowest BCUT2D eigenvalue weighted by atomic mass is 9.86. The Hall–Kier alpha value is -3.18. The van der Waals surface area contributed by atoms with Gasteiger partial charge < -0.3 is 4.42 Å². The van der Waals surface area contributed by atoms with Crippen molar-refractivity contribution in [2.24, 2.45) is 5.10 Å². The van der Waals surface area contributed by atoms with Gasteiger partial charge in [0.25, 0.3) is 0 Å². The molecule has 31 heavy (non-hydrogen) atoms. The van der Waals surface area contributed by atoms with Crippen LogP contribution in [0.25, 0.3) is 22.3 Å². The van der Waals surface area contributed by atoms with Crippen molar-refractivity contribution < 1.29 is 4.42 Å². The molecule has 1 N–H and O–H groups in total. The second-order valence-corrected chi connectivity index (χ2v) is 9.10. The molecule has 0 unspecified atom stereocenters. The van der Waals surface area contributed by atoms with E-state index in [2.05, 4.69) is 65.5 Å². The summed E-state index contributed by atoms with van der Waals surface area (Å²) in [5.41, 5.74) is 7.76. The average molecular weight is 433 g/mol. The molecule has 0 spiro atoms. The van der Waals surface area contributed by atoms with Crippen molar-refractivity contribution >= 4 is 28.5 Å². The van der Waals surface area contributed by atoms with Crippen LogP contribution in [0.1, 0.15) is 37.7 Å². The number of aryl methyl sites for hydroxylation is 2. The van der Waals surface area contributed by atoms with E-state index < -0.39 is 0 Å². The average Bonchev–Trinajstić information content (AvgIpc) is 2.71. The molecule has 2 aromatic carbocycles. The van der Waals surface area contributed by atoms with Gasteiger partial charge in [-0.05, 0) is 49.1 Å². The Balaban J connectivity index is 1.82. The number of rotatable bonds is 3. The molecule has 0 aliphatic heterocycles. The molecule has 0 aliphatic carbocycles. The van der Waals surface area contributed by atoms with Crippen molar-refractivity contribution in [1.29, 1.82) is 0 Å². The van der Waals surface area contributed by atoms with E-state index in [1.54, 1.807) is 0 Å². The van der Waals surface area contributed by atoms with Crippen LogP contribution in [-0.2, 0) is 5.41 Å². The standard InChI is InChI=1S/C25H25ClN4O/c1-15-12-16(2)28-24(27-15)30-29-21-14-23(31-22-11-10-19(26)13-20(21)22)17-6-8-18(9-7-17)25(3,4)5/h6-14H,1-5H3,(H,27,28,30). The second kappa shape index (κ2) is 8.16. The van der Waals surface area contributed by atoms with Gasteiger partial charge in [0, 0.05) is 33.4 Å². The lowest BCUT2D eigenvalue weighted by molar-refractivity contribution is 0.589. The zero-order valence-electron chi connectivity index (χ0n) is 18.3. The number of halogens is 1. The highest BCUT2D eigenvalue weighted by molar-refractivity contribution is 6.31. The van der Waals surface area contributed by atoms with E-state index in [1.165, 1.54) is 5.56 Å². The van der Waals surface area contributed by atoms with Crippen LogP contribution in [0.4, 0.5) is 5.95 Å². The van der Waals surface area contributed by atoms with Crippen molar-refractivity contribution in [3.63, 3.8) is 0 Å². The maximum Gasteiger partial charge on any atom is 0.243 e. The Labute approximate surface area is 186 Å². The fourth-order valence-corrected chi connectivity index (χ4v) is 3.57. The minimum absolute atomic E-state index is 0.0895. The quantitative estimate of drug-likeness (QED) is 0.381. The fourth-order valence-electron chi connectivity index (χ4n) is 3.40. The molecule has 2 aromatic heterocycles. The van der Waals surface area contributed by atoms with Crippen molar-refractivity contribution in [1.82, 2.24) is 9.97 Å². The molecule has 0 aliphatic rings. The summed E-state index contributed by atoms with van der Waals surface area (Å²) in [6.07, 6.45) is 0. The molecular formula is C25H25ClN4O. The van der Waals surface area contributed by atoms with E-state index in [9.17, 15) is 0 Å². The lowest BCUT2D eigenvalue weighted by Gasteiger charge is -2.19. The number of nitrogens with zero attached hydrogens (tertiary/aromatic N) is 3. The van der Waals surface area contributed by atoms with Gasteiger partial charge in [-0.1, -0.05) is 56.6 Å². The molecule has 6 heteroatoms. The SMILES string of the molecule is Cc1cc(C)nc(NN=c2cc(-c3ccc(C(C)(C)C)cc3)oc3ccc(Cl)cc23)n1. The Bertz CT molecular complexity index is 1300. The number of aromatic nitrogens is 2. The van der Waals surface area contributed by atoms with Gasteiger partial charge >= 0.3 is 0 Å². The molecule has 0 atom stereocenters. The number of nitrogens with one attached hydrogen (secondary N) is 1. The molecule has 0 amide bonds. The van der Waals surface area contributed by atoms with Crippen LogP contribution in [0.15, 0.2) is 64.1 Å². The van der Waals surface area contributed by atoms with E-state index in [0.29, 0.717) is 21.9 Å². The highest BCUT2D eigenvalue weighted by Gasteiger charge is 2.14. The summed E-state index contributed by atoms with van der Waals surface area (Å²) in [5, 5.41) is 6.69. The zero-order chi connectivity index (χ0) is 22.2. The Morgan fingerprint density at radius 3 is 2.23 bits per heavy atom. The van der Waals surface area contributed by atoms with E-state index in [0.717, 1.165) is 28.1 Å². The summed E-state index contributed by atoms with van der Waals surface area (Å²) < 4.78 is 6.18. The first-order chi connectivity index (χ1) is 14.7. The third-order valence-corrected chi connectivity index (χ3v) is 5.23. The van der Waals surface area contributed by atoms with E-state index in [4.69, 9.17) is 16.0 Å². The fraction of sp³-hybridized carbons (Fsp3) is 0.240. The molecule has 158 valence electrons. The van der Waals surface area contributed by atoms with Gasteiger partial charge in [0.1, 0.15) is 11.3 Å². The monoisotopic (exact) mass is 432 g/mol. The number of fused-ring (bicyclic) bond motifs is 1. The molecule has 0 bridgehead atoms. The Kier molecular flexibility index (Phi) is 5.54. The number of anilines is 1. The summed E-state index contributed by atoms with van der Waals surface area (Å²) in [4.78, 5) is 8.79. The Morgan fingerprint density at radius 2 is 1.58 bits per heavy atom. The summed E-state index contributed by atoms with van der Waals surface area (Å²) in [5.74, 6) is 1.17. The molecule has 4 rings (SSSR count). The molecule has 0 saturated heterocycles. The van der Waals surface area contributed by atoms with Crippen molar-refractivity contribution in [3.8, 4) is 11.3 Å². The summed E-state index contributed by atoms with van der Waals surface area (Å²) in [7, 11) is 0. The van der Waals surface area contributed by atoms with Crippen LogP contribution >= 0.6 is 11.6 Å². The van der Waals surface area contributed by atoms with E-state index in [1.807, 2.05) is 44.2 Å². The predicted molar refractivity (Wildman–Crippen MR) is 126 cm³/mol. The minimum atomic E-state index is 0.0895. The first-order valence-corrected chi connectivity index (χ1v) is 10.5. The smallest absolute Gasteiger partial charge is 0.243 e. The highest BCUT2D eigenvalue weighted by Crippen LogP contribution is 2.27. The maximum absolute atomic E-state index is 6.24. The third kappa shape index (κ3) is 4.78. The van der Waals surface area contributed by atoms with E-state index in [-0.39, 0.29) is 5.41 Å². The van der Waals surface area contributed by atoms with Gasteiger partial charge in [-0.15, -0.1) is 0 Å². The normalized spacial score (nSPS) is 12.4. The zero-order valence-corrected chi connectivity index (χ0v) is 19.1. The van der Waals surface area contributed by atoms with Gasteiger partial charge in [0.2, 0.25) is 5.95 Å². The van der Waals surface area contributed by atoms with E-state index >= 15 is 0 Å².